The van der Waals surface area contributed by atoms with Gasteiger partial charge in [-0.05, 0) is 31.9 Å². The summed E-state index contributed by atoms with van der Waals surface area (Å²) in [7, 11) is 0. The monoisotopic (exact) mass is 461 g/mol. The van der Waals surface area contributed by atoms with Crippen molar-refractivity contribution in [1.82, 2.24) is 20.5 Å². The first kappa shape index (κ1) is 21.5. The Bertz CT molecular complexity index is 527. The van der Waals surface area contributed by atoms with Crippen LogP contribution in [-0.4, -0.2) is 61.1 Å². The van der Waals surface area contributed by atoms with E-state index in [0.29, 0.717) is 26.1 Å². The number of carbonyl (C=O) groups is 1. The van der Waals surface area contributed by atoms with Crippen LogP contribution in [-0.2, 0) is 4.79 Å². The van der Waals surface area contributed by atoms with Gasteiger partial charge in [-0.15, -0.1) is 24.0 Å². The molecule has 0 aromatic carbocycles. The molecule has 1 amide bonds. The first-order chi connectivity index (χ1) is 11.8. The van der Waals surface area contributed by atoms with Crippen LogP contribution in [0.15, 0.2) is 29.5 Å². The molecule has 0 aliphatic carbocycles. The summed E-state index contributed by atoms with van der Waals surface area (Å²) in [5.74, 6) is 1.81. The lowest BCUT2D eigenvalue weighted by Gasteiger charge is -2.15. The molecule has 1 saturated heterocycles. The van der Waals surface area contributed by atoms with Crippen molar-refractivity contribution in [1.29, 1.82) is 0 Å². The molecule has 140 valence electrons. The third-order valence-corrected chi connectivity index (χ3v) is 3.67. The van der Waals surface area contributed by atoms with Crippen LogP contribution in [0.2, 0.25) is 0 Å². The fourth-order valence-corrected chi connectivity index (χ4v) is 2.51. The topological polar surface area (TPSA) is 78.9 Å². The van der Waals surface area contributed by atoms with Gasteiger partial charge in [0.2, 0.25) is 5.91 Å². The molecule has 0 bridgehead atoms. The number of hydrogen-bond donors (Lipinski definition) is 2. The number of hydrogen-bond acceptors (Lipinski definition) is 4. The van der Waals surface area contributed by atoms with Crippen LogP contribution < -0.4 is 15.4 Å². The van der Waals surface area contributed by atoms with E-state index < -0.39 is 0 Å². The Balaban J connectivity index is 0.00000312. The third-order valence-electron chi connectivity index (χ3n) is 3.67. The normalized spacial score (nSPS) is 14.2. The molecule has 0 radical (unpaired) electrons. The third kappa shape index (κ3) is 8.37. The van der Waals surface area contributed by atoms with Crippen molar-refractivity contribution in [2.75, 3.05) is 39.3 Å². The van der Waals surface area contributed by atoms with Gasteiger partial charge in [-0.2, -0.15) is 0 Å². The molecule has 8 heteroatoms. The Kier molecular flexibility index (Phi) is 10.9. The van der Waals surface area contributed by atoms with E-state index in [2.05, 4.69) is 20.6 Å². The Hall–Kier alpha value is -1.58. The number of carbonyl (C=O) groups excluding carboxylic acids is 1. The van der Waals surface area contributed by atoms with Crippen LogP contribution >= 0.6 is 24.0 Å². The molecule has 1 aromatic heterocycles. The first-order valence-electron chi connectivity index (χ1n) is 8.62. The summed E-state index contributed by atoms with van der Waals surface area (Å²) in [6, 6.07) is 3.73. The summed E-state index contributed by atoms with van der Waals surface area (Å²) in [6.07, 6.45) is 5.98. The number of aliphatic imine (C=N–C) groups is 1. The molecule has 1 fully saturated rings. The average Bonchev–Trinajstić information content (AvgIpc) is 3.01. The fraction of sp³-hybridized carbons (Fsp3) is 0.588. The van der Waals surface area contributed by atoms with Crippen molar-refractivity contribution in [3.05, 3.63) is 24.5 Å². The molecule has 1 aliphatic heterocycles. The predicted molar refractivity (Wildman–Crippen MR) is 110 cm³/mol. The summed E-state index contributed by atoms with van der Waals surface area (Å²) >= 11 is 0. The molecule has 0 atom stereocenters. The zero-order chi connectivity index (χ0) is 17.0. The standard InChI is InChI=1S/C17H27N5O2.HI/c1-2-19-17(20-9-5-12-22-11-4-7-16(22)23)21-10-13-24-15-6-3-8-18-14-15;/h3,6,8,14H,2,4-5,7,9-13H2,1H3,(H2,19,20,21);1H. The maximum Gasteiger partial charge on any atom is 0.222 e. The summed E-state index contributed by atoms with van der Waals surface area (Å²) in [5.41, 5.74) is 0. The lowest BCUT2D eigenvalue weighted by Crippen LogP contribution is -2.39. The van der Waals surface area contributed by atoms with E-state index in [1.54, 1.807) is 12.4 Å². The van der Waals surface area contributed by atoms with Crippen molar-refractivity contribution < 1.29 is 9.53 Å². The number of rotatable bonds is 9. The van der Waals surface area contributed by atoms with Crippen LogP contribution in [0, 0.1) is 0 Å². The molecular formula is C17H28IN5O2. The number of pyridine rings is 1. The van der Waals surface area contributed by atoms with Gasteiger partial charge in [0.05, 0.1) is 12.7 Å². The zero-order valence-corrected chi connectivity index (χ0v) is 17.1. The molecule has 1 aromatic rings. The van der Waals surface area contributed by atoms with Gasteiger partial charge >= 0.3 is 0 Å². The average molecular weight is 461 g/mol. The maximum absolute atomic E-state index is 11.5. The van der Waals surface area contributed by atoms with Gasteiger partial charge in [0.1, 0.15) is 12.4 Å². The second kappa shape index (κ2) is 12.7. The molecule has 2 rings (SSSR count). The Morgan fingerprint density at radius 3 is 3.00 bits per heavy atom. The van der Waals surface area contributed by atoms with Crippen molar-refractivity contribution in [2.45, 2.75) is 26.2 Å². The van der Waals surface area contributed by atoms with E-state index in [1.807, 2.05) is 24.0 Å². The molecular weight excluding hydrogens is 433 g/mol. The minimum atomic E-state index is 0. The number of nitrogens with zero attached hydrogens (tertiary/aromatic N) is 3. The summed E-state index contributed by atoms with van der Waals surface area (Å²) in [5, 5.41) is 6.45. The maximum atomic E-state index is 11.5. The summed E-state index contributed by atoms with van der Waals surface area (Å²) < 4.78 is 5.59. The van der Waals surface area contributed by atoms with Gasteiger partial charge in [-0.1, -0.05) is 0 Å². The largest absolute Gasteiger partial charge is 0.490 e. The van der Waals surface area contributed by atoms with Crippen molar-refractivity contribution in [3.8, 4) is 5.75 Å². The molecule has 2 heterocycles. The fourth-order valence-electron chi connectivity index (χ4n) is 2.51. The number of nitrogens with one attached hydrogen (secondary N) is 2. The van der Waals surface area contributed by atoms with E-state index in [1.165, 1.54) is 0 Å². The lowest BCUT2D eigenvalue weighted by atomic mass is 10.4. The van der Waals surface area contributed by atoms with Crippen LogP contribution in [0.3, 0.4) is 0 Å². The van der Waals surface area contributed by atoms with Gasteiger partial charge in [0.25, 0.3) is 0 Å². The van der Waals surface area contributed by atoms with Crippen LogP contribution in [0.5, 0.6) is 5.75 Å². The predicted octanol–water partition coefficient (Wildman–Crippen LogP) is 1.65. The van der Waals surface area contributed by atoms with E-state index in [4.69, 9.17) is 4.74 Å². The number of likely N-dealkylation sites (tertiary alicyclic amines) is 1. The molecule has 0 unspecified atom stereocenters. The zero-order valence-electron chi connectivity index (χ0n) is 14.7. The number of amides is 1. The molecule has 1 aliphatic rings. The quantitative estimate of drug-likeness (QED) is 0.253. The number of aromatic nitrogens is 1. The van der Waals surface area contributed by atoms with Crippen LogP contribution in [0.4, 0.5) is 0 Å². The number of halogens is 1. The van der Waals surface area contributed by atoms with E-state index in [-0.39, 0.29) is 29.9 Å². The van der Waals surface area contributed by atoms with Crippen LogP contribution in [0.25, 0.3) is 0 Å². The second-order valence-corrected chi connectivity index (χ2v) is 5.56. The molecule has 0 spiro atoms. The Labute approximate surface area is 166 Å². The first-order valence-corrected chi connectivity index (χ1v) is 8.62. The summed E-state index contributed by atoms with van der Waals surface area (Å²) in [6.45, 7) is 6.43. The van der Waals surface area contributed by atoms with Crippen molar-refractivity contribution in [3.63, 3.8) is 0 Å². The number of guanidine groups is 1. The van der Waals surface area contributed by atoms with Crippen molar-refractivity contribution in [2.24, 2.45) is 4.99 Å². The van der Waals surface area contributed by atoms with Gasteiger partial charge in [-0.25, -0.2) is 0 Å². The van der Waals surface area contributed by atoms with Gasteiger partial charge < -0.3 is 20.3 Å². The van der Waals surface area contributed by atoms with Crippen molar-refractivity contribution >= 4 is 35.8 Å². The highest BCUT2D eigenvalue weighted by Gasteiger charge is 2.18. The van der Waals surface area contributed by atoms with E-state index in [0.717, 1.165) is 44.2 Å². The highest BCUT2D eigenvalue weighted by atomic mass is 127. The Morgan fingerprint density at radius 1 is 1.44 bits per heavy atom. The summed E-state index contributed by atoms with van der Waals surface area (Å²) in [4.78, 5) is 22.0. The highest BCUT2D eigenvalue weighted by Crippen LogP contribution is 2.09. The Morgan fingerprint density at radius 2 is 2.32 bits per heavy atom. The highest BCUT2D eigenvalue weighted by molar-refractivity contribution is 14.0. The molecule has 0 saturated carbocycles. The molecule has 25 heavy (non-hydrogen) atoms. The van der Waals surface area contributed by atoms with Gasteiger partial charge in [-0.3, -0.25) is 14.8 Å². The SMILES string of the molecule is CCNC(=NCCCN1CCCC1=O)NCCOc1cccnc1.I. The van der Waals surface area contributed by atoms with Crippen LogP contribution in [0.1, 0.15) is 26.2 Å². The lowest BCUT2D eigenvalue weighted by molar-refractivity contribution is -0.127. The van der Waals surface area contributed by atoms with E-state index >= 15 is 0 Å². The second-order valence-electron chi connectivity index (χ2n) is 5.56. The molecule has 7 nitrogen and oxygen atoms in total. The minimum absolute atomic E-state index is 0. The molecule has 2 N–H and O–H groups in total. The number of ether oxygens (including phenoxy) is 1. The smallest absolute Gasteiger partial charge is 0.222 e. The van der Waals surface area contributed by atoms with E-state index in [9.17, 15) is 4.79 Å². The van der Waals surface area contributed by atoms with Gasteiger partial charge in [0.15, 0.2) is 5.96 Å². The minimum Gasteiger partial charge on any atom is -0.490 e. The van der Waals surface area contributed by atoms with Gasteiger partial charge in [0, 0.05) is 38.8 Å².